The van der Waals surface area contributed by atoms with Crippen LogP contribution in [0.25, 0.3) is 0 Å². The minimum Gasteiger partial charge on any atom is -0.494 e. The van der Waals surface area contributed by atoms with E-state index in [9.17, 15) is 0 Å². The third-order valence-corrected chi connectivity index (χ3v) is 2.87. The molecule has 4 heteroatoms. The topological polar surface area (TPSA) is 59.1 Å². The molecule has 0 aliphatic heterocycles. The molecule has 0 radical (unpaired) electrons. The maximum atomic E-state index is 7.11. The van der Waals surface area contributed by atoms with Crippen molar-refractivity contribution in [2.24, 2.45) is 5.73 Å². The van der Waals surface area contributed by atoms with E-state index in [0.29, 0.717) is 0 Å². The third kappa shape index (κ3) is 5.07. The summed E-state index contributed by atoms with van der Waals surface area (Å²) in [6, 6.07) is 7.95. The first kappa shape index (κ1) is 12.9. The van der Waals surface area contributed by atoms with Crippen LogP contribution >= 0.6 is 11.8 Å². The second-order valence-electron chi connectivity index (χ2n) is 3.50. The molecule has 0 saturated heterocycles. The summed E-state index contributed by atoms with van der Waals surface area (Å²) in [5.41, 5.74) is 6.43. The number of benzene rings is 1. The molecule has 0 aromatic heterocycles. The first-order valence-electron chi connectivity index (χ1n) is 5.41. The average Bonchev–Trinajstić information content (AvgIpc) is 2.28. The number of nitrogens with two attached hydrogens (primary N) is 1. The SMILES string of the molecule is CCCCOc1ccc(CSC(=N)N)cc1. The molecule has 1 rings (SSSR count). The van der Waals surface area contributed by atoms with Crippen LogP contribution in [-0.4, -0.2) is 11.8 Å². The Labute approximate surface area is 101 Å². The first-order chi connectivity index (χ1) is 7.72. The second kappa shape index (κ2) is 7.17. The molecule has 0 spiro atoms. The van der Waals surface area contributed by atoms with Crippen LogP contribution in [0.5, 0.6) is 5.75 Å². The fraction of sp³-hybridized carbons (Fsp3) is 0.417. The lowest BCUT2D eigenvalue weighted by atomic mass is 10.2. The number of nitrogens with one attached hydrogen (secondary N) is 1. The molecule has 88 valence electrons. The van der Waals surface area contributed by atoms with Crippen molar-refractivity contribution in [3.63, 3.8) is 0 Å². The van der Waals surface area contributed by atoms with Crippen molar-refractivity contribution in [1.29, 1.82) is 5.41 Å². The highest BCUT2D eigenvalue weighted by atomic mass is 32.2. The molecule has 0 fully saturated rings. The Morgan fingerprint density at radius 1 is 1.38 bits per heavy atom. The van der Waals surface area contributed by atoms with Crippen LogP contribution in [0.4, 0.5) is 0 Å². The summed E-state index contributed by atoms with van der Waals surface area (Å²) < 4.78 is 5.55. The van der Waals surface area contributed by atoms with E-state index in [2.05, 4.69) is 6.92 Å². The van der Waals surface area contributed by atoms with Crippen molar-refractivity contribution < 1.29 is 4.74 Å². The fourth-order valence-corrected chi connectivity index (χ4v) is 1.69. The Hall–Kier alpha value is -1.16. The van der Waals surface area contributed by atoms with Crippen molar-refractivity contribution in [1.82, 2.24) is 0 Å². The summed E-state index contributed by atoms with van der Waals surface area (Å²) in [6.07, 6.45) is 2.23. The van der Waals surface area contributed by atoms with Gasteiger partial charge in [-0.05, 0) is 24.1 Å². The quantitative estimate of drug-likeness (QED) is 0.455. The molecular weight excluding hydrogens is 220 g/mol. The molecule has 0 heterocycles. The van der Waals surface area contributed by atoms with Gasteiger partial charge in [-0.1, -0.05) is 37.2 Å². The number of amidine groups is 1. The molecule has 1 aromatic carbocycles. The predicted molar refractivity (Wildman–Crippen MR) is 70.1 cm³/mol. The van der Waals surface area contributed by atoms with Gasteiger partial charge in [-0.3, -0.25) is 5.41 Å². The summed E-state index contributed by atoms with van der Waals surface area (Å²) >= 11 is 1.33. The Balaban J connectivity index is 2.38. The van der Waals surface area contributed by atoms with E-state index in [0.717, 1.165) is 36.5 Å². The molecule has 0 bridgehead atoms. The fourth-order valence-electron chi connectivity index (χ4n) is 1.18. The van der Waals surface area contributed by atoms with Gasteiger partial charge >= 0.3 is 0 Å². The molecule has 3 N–H and O–H groups in total. The highest BCUT2D eigenvalue weighted by Gasteiger charge is 1.97. The second-order valence-corrected chi connectivity index (χ2v) is 4.52. The zero-order valence-corrected chi connectivity index (χ0v) is 10.3. The Bertz CT molecular complexity index is 324. The predicted octanol–water partition coefficient (Wildman–Crippen LogP) is 2.99. The molecule has 16 heavy (non-hydrogen) atoms. The van der Waals surface area contributed by atoms with Gasteiger partial charge in [0.05, 0.1) is 6.61 Å². The average molecular weight is 238 g/mol. The van der Waals surface area contributed by atoms with Crippen LogP contribution in [0, 0.1) is 5.41 Å². The smallest absolute Gasteiger partial charge is 0.151 e. The van der Waals surface area contributed by atoms with Crippen molar-refractivity contribution in [3.8, 4) is 5.75 Å². The van der Waals surface area contributed by atoms with Crippen molar-refractivity contribution >= 4 is 16.9 Å². The zero-order valence-electron chi connectivity index (χ0n) is 9.53. The lowest BCUT2D eigenvalue weighted by molar-refractivity contribution is 0.309. The number of hydrogen-bond acceptors (Lipinski definition) is 3. The highest BCUT2D eigenvalue weighted by Crippen LogP contribution is 2.16. The number of unbranched alkanes of at least 4 members (excludes halogenated alkanes) is 1. The van der Waals surface area contributed by atoms with E-state index >= 15 is 0 Å². The summed E-state index contributed by atoms with van der Waals surface area (Å²) in [5.74, 6) is 1.65. The number of hydrogen-bond donors (Lipinski definition) is 2. The number of ether oxygens (including phenoxy) is 1. The third-order valence-electron chi connectivity index (χ3n) is 2.08. The maximum absolute atomic E-state index is 7.11. The molecule has 0 atom stereocenters. The van der Waals surface area contributed by atoms with Gasteiger partial charge in [0.15, 0.2) is 5.17 Å². The van der Waals surface area contributed by atoms with Gasteiger partial charge in [0.25, 0.3) is 0 Å². The standard InChI is InChI=1S/C12H18N2OS/c1-2-3-8-15-11-6-4-10(5-7-11)9-16-12(13)14/h4-7H,2-3,8-9H2,1H3,(H3,13,14). The summed E-state index contributed by atoms with van der Waals surface area (Å²) in [4.78, 5) is 0. The molecule has 0 aliphatic carbocycles. The van der Waals surface area contributed by atoms with E-state index in [-0.39, 0.29) is 5.17 Å². The van der Waals surface area contributed by atoms with Crippen LogP contribution in [0.2, 0.25) is 0 Å². The van der Waals surface area contributed by atoms with Crippen LogP contribution in [0.3, 0.4) is 0 Å². The largest absolute Gasteiger partial charge is 0.494 e. The van der Waals surface area contributed by atoms with Gasteiger partial charge in [0.2, 0.25) is 0 Å². The van der Waals surface area contributed by atoms with Crippen molar-refractivity contribution in [3.05, 3.63) is 29.8 Å². The monoisotopic (exact) mass is 238 g/mol. The highest BCUT2D eigenvalue weighted by molar-refractivity contribution is 8.13. The van der Waals surface area contributed by atoms with Crippen LogP contribution < -0.4 is 10.5 Å². The van der Waals surface area contributed by atoms with Crippen LogP contribution in [0.1, 0.15) is 25.3 Å². The Morgan fingerprint density at radius 3 is 2.62 bits per heavy atom. The van der Waals surface area contributed by atoms with E-state index in [1.54, 1.807) is 0 Å². The van der Waals surface area contributed by atoms with Crippen LogP contribution in [-0.2, 0) is 5.75 Å². The van der Waals surface area contributed by atoms with Gasteiger partial charge in [-0.15, -0.1) is 0 Å². The normalized spacial score (nSPS) is 10.1. The van der Waals surface area contributed by atoms with E-state index in [1.807, 2.05) is 24.3 Å². The van der Waals surface area contributed by atoms with Gasteiger partial charge < -0.3 is 10.5 Å². The molecule has 0 unspecified atom stereocenters. The van der Waals surface area contributed by atoms with E-state index in [4.69, 9.17) is 15.9 Å². The van der Waals surface area contributed by atoms with Gasteiger partial charge in [0.1, 0.15) is 5.75 Å². The summed E-state index contributed by atoms with van der Waals surface area (Å²) in [7, 11) is 0. The summed E-state index contributed by atoms with van der Waals surface area (Å²) in [5, 5.41) is 7.27. The van der Waals surface area contributed by atoms with Crippen molar-refractivity contribution in [2.75, 3.05) is 6.61 Å². The molecule has 1 aromatic rings. The molecule has 0 aliphatic rings. The van der Waals surface area contributed by atoms with Gasteiger partial charge in [0, 0.05) is 5.75 Å². The van der Waals surface area contributed by atoms with Gasteiger partial charge in [-0.2, -0.15) is 0 Å². The lowest BCUT2D eigenvalue weighted by Gasteiger charge is -2.06. The van der Waals surface area contributed by atoms with Gasteiger partial charge in [-0.25, -0.2) is 0 Å². The van der Waals surface area contributed by atoms with E-state index in [1.165, 1.54) is 11.8 Å². The molecule has 3 nitrogen and oxygen atoms in total. The number of thioether (sulfide) groups is 1. The molecule has 0 saturated carbocycles. The maximum Gasteiger partial charge on any atom is 0.151 e. The summed E-state index contributed by atoms with van der Waals surface area (Å²) in [6.45, 7) is 2.92. The first-order valence-corrected chi connectivity index (χ1v) is 6.39. The number of rotatable bonds is 6. The zero-order chi connectivity index (χ0) is 11.8. The van der Waals surface area contributed by atoms with Crippen LogP contribution in [0.15, 0.2) is 24.3 Å². The minimum atomic E-state index is 0.156. The van der Waals surface area contributed by atoms with Crippen molar-refractivity contribution in [2.45, 2.75) is 25.5 Å². The lowest BCUT2D eigenvalue weighted by Crippen LogP contribution is -2.03. The molecule has 0 amide bonds. The Kier molecular flexibility index (Phi) is 5.78. The Morgan fingerprint density at radius 2 is 2.06 bits per heavy atom. The van der Waals surface area contributed by atoms with E-state index < -0.39 is 0 Å². The minimum absolute atomic E-state index is 0.156. The molecular formula is C12H18N2OS.